The molecule has 1 atom stereocenters. The Labute approximate surface area is 103 Å². The predicted octanol–water partition coefficient (Wildman–Crippen LogP) is 1.56. The van der Waals surface area contributed by atoms with Gasteiger partial charge in [0.2, 0.25) is 5.91 Å². The second-order valence-electron chi connectivity index (χ2n) is 3.78. The zero-order valence-electron chi connectivity index (χ0n) is 9.11. The van der Waals surface area contributed by atoms with Gasteiger partial charge in [-0.05, 0) is 40.9 Å². The van der Waals surface area contributed by atoms with Crippen molar-refractivity contribution in [3.63, 3.8) is 0 Å². The third kappa shape index (κ3) is 2.19. The van der Waals surface area contributed by atoms with Crippen LogP contribution in [0.3, 0.4) is 0 Å². The lowest BCUT2D eigenvalue weighted by Crippen LogP contribution is -2.42. The highest BCUT2D eigenvalue weighted by atomic mass is 79.9. The maximum absolute atomic E-state index is 11.7. The molecule has 1 N–H and O–H groups in total. The number of nitrogens with one attached hydrogen (secondary N) is 1. The summed E-state index contributed by atoms with van der Waals surface area (Å²) in [5.74, 6) is 0.930. The minimum Gasteiger partial charge on any atom is -0.357 e. The van der Waals surface area contributed by atoms with Crippen molar-refractivity contribution < 1.29 is 4.79 Å². The van der Waals surface area contributed by atoms with E-state index >= 15 is 0 Å². The van der Waals surface area contributed by atoms with Gasteiger partial charge in [0.05, 0.1) is 0 Å². The first-order chi connectivity index (χ1) is 7.72. The van der Waals surface area contributed by atoms with E-state index < -0.39 is 0 Å². The van der Waals surface area contributed by atoms with Gasteiger partial charge in [0.15, 0.2) is 0 Å². The average Bonchev–Trinajstić information content (AvgIpc) is 2.77. The van der Waals surface area contributed by atoms with E-state index in [1.807, 2.05) is 18.2 Å². The summed E-state index contributed by atoms with van der Waals surface area (Å²) in [5.41, 5.74) is 0. The lowest BCUT2D eigenvalue weighted by Gasteiger charge is -2.24. The highest BCUT2D eigenvalue weighted by Crippen LogP contribution is 2.24. The number of pyridine rings is 1. The van der Waals surface area contributed by atoms with Crippen LogP contribution in [0, 0.1) is 0 Å². The van der Waals surface area contributed by atoms with Crippen LogP contribution in [0.4, 0.5) is 5.82 Å². The maximum atomic E-state index is 11.7. The van der Waals surface area contributed by atoms with Gasteiger partial charge in [-0.25, -0.2) is 4.98 Å². The number of nitrogens with zero attached hydrogens (tertiary/aromatic N) is 2. The number of carbonyl (C=O) groups excluding carboxylic acids is 1. The van der Waals surface area contributed by atoms with Crippen molar-refractivity contribution in [1.29, 1.82) is 0 Å². The number of amides is 1. The molecule has 0 bridgehead atoms. The van der Waals surface area contributed by atoms with Crippen molar-refractivity contribution in [2.45, 2.75) is 18.9 Å². The number of hydrogen-bond donors (Lipinski definition) is 1. The summed E-state index contributed by atoms with van der Waals surface area (Å²) in [5, 5.41) is 2.70. The lowest BCUT2D eigenvalue weighted by molar-refractivity contribution is -0.121. The summed E-state index contributed by atoms with van der Waals surface area (Å²) in [4.78, 5) is 18.1. The van der Waals surface area contributed by atoms with E-state index in [4.69, 9.17) is 0 Å². The predicted molar refractivity (Wildman–Crippen MR) is 66.4 cm³/mol. The Kier molecular flexibility index (Phi) is 3.43. The SMILES string of the molecule is CNC(=O)C1CCCN1c1cccc(Br)n1. The first-order valence-corrected chi connectivity index (χ1v) is 6.12. The van der Waals surface area contributed by atoms with Crippen LogP contribution in [0.1, 0.15) is 12.8 Å². The Morgan fingerprint density at radius 1 is 1.62 bits per heavy atom. The largest absolute Gasteiger partial charge is 0.357 e. The van der Waals surface area contributed by atoms with E-state index in [1.165, 1.54) is 0 Å². The molecule has 1 aromatic rings. The van der Waals surface area contributed by atoms with Gasteiger partial charge in [-0.1, -0.05) is 6.07 Å². The van der Waals surface area contributed by atoms with E-state index in [9.17, 15) is 4.79 Å². The Bertz CT molecular complexity index is 397. The summed E-state index contributed by atoms with van der Waals surface area (Å²) in [6, 6.07) is 5.68. The number of halogens is 1. The maximum Gasteiger partial charge on any atom is 0.242 e. The summed E-state index contributed by atoms with van der Waals surface area (Å²) >= 11 is 3.34. The molecule has 0 radical (unpaired) electrons. The average molecular weight is 284 g/mol. The van der Waals surface area contributed by atoms with Crippen LogP contribution in [0.15, 0.2) is 22.8 Å². The second kappa shape index (κ2) is 4.82. The smallest absolute Gasteiger partial charge is 0.242 e. The van der Waals surface area contributed by atoms with Crippen LogP contribution < -0.4 is 10.2 Å². The van der Waals surface area contributed by atoms with Crippen LogP contribution in [0.2, 0.25) is 0 Å². The number of rotatable bonds is 2. The summed E-state index contributed by atoms with van der Waals surface area (Å²) in [7, 11) is 1.67. The molecule has 1 aliphatic rings. The summed E-state index contributed by atoms with van der Waals surface area (Å²) in [6.07, 6.45) is 1.93. The van der Waals surface area contributed by atoms with E-state index in [0.717, 1.165) is 29.8 Å². The molecule has 4 nitrogen and oxygen atoms in total. The quantitative estimate of drug-likeness (QED) is 0.838. The van der Waals surface area contributed by atoms with Crippen LogP contribution >= 0.6 is 15.9 Å². The fourth-order valence-corrected chi connectivity index (χ4v) is 2.37. The van der Waals surface area contributed by atoms with E-state index in [2.05, 4.69) is 31.1 Å². The van der Waals surface area contributed by atoms with Crippen LogP contribution in [-0.2, 0) is 4.79 Å². The fraction of sp³-hybridized carbons (Fsp3) is 0.455. The third-order valence-corrected chi connectivity index (χ3v) is 3.24. The van der Waals surface area contributed by atoms with Crippen LogP contribution in [0.5, 0.6) is 0 Å². The molecule has 86 valence electrons. The Balaban J connectivity index is 2.23. The van der Waals surface area contributed by atoms with Gasteiger partial charge in [0.1, 0.15) is 16.5 Å². The molecule has 1 aliphatic heterocycles. The molecule has 1 amide bonds. The van der Waals surface area contributed by atoms with E-state index in [0.29, 0.717) is 0 Å². The Morgan fingerprint density at radius 3 is 3.12 bits per heavy atom. The molecular weight excluding hydrogens is 270 g/mol. The van der Waals surface area contributed by atoms with Gasteiger partial charge < -0.3 is 10.2 Å². The van der Waals surface area contributed by atoms with Crippen molar-refractivity contribution >= 4 is 27.7 Å². The van der Waals surface area contributed by atoms with Crippen LogP contribution in [0.25, 0.3) is 0 Å². The zero-order valence-corrected chi connectivity index (χ0v) is 10.7. The van der Waals surface area contributed by atoms with Crippen molar-refractivity contribution in [1.82, 2.24) is 10.3 Å². The molecule has 0 spiro atoms. The molecule has 0 aromatic carbocycles. The van der Waals surface area contributed by atoms with Crippen molar-refractivity contribution in [3.8, 4) is 0 Å². The van der Waals surface area contributed by atoms with Crippen molar-refractivity contribution in [2.24, 2.45) is 0 Å². The third-order valence-electron chi connectivity index (χ3n) is 2.80. The van der Waals surface area contributed by atoms with E-state index in [1.54, 1.807) is 7.05 Å². The Hall–Kier alpha value is -1.10. The number of aromatic nitrogens is 1. The minimum atomic E-state index is -0.0770. The summed E-state index contributed by atoms with van der Waals surface area (Å²) < 4.78 is 0.799. The molecule has 2 heterocycles. The minimum absolute atomic E-state index is 0.0688. The molecule has 5 heteroatoms. The number of anilines is 1. The number of likely N-dealkylation sites (N-methyl/N-ethyl adjacent to an activating group) is 1. The second-order valence-corrected chi connectivity index (χ2v) is 4.60. The molecule has 1 fully saturated rings. The highest BCUT2D eigenvalue weighted by Gasteiger charge is 2.30. The van der Waals surface area contributed by atoms with Gasteiger partial charge >= 0.3 is 0 Å². The normalized spacial score (nSPS) is 19.9. The molecular formula is C11H14BrN3O. The van der Waals surface area contributed by atoms with Gasteiger partial charge in [0, 0.05) is 13.6 Å². The monoisotopic (exact) mass is 283 g/mol. The summed E-state index contributed by atoms with van der Waals surface area (Å²) in [6.45, 7) is 0.890. The van der Waals surface area contributed by atoms with Crippen molar-refractivity contribution in [2.75, 3.05) is 18.5 Å². The molecule has 2 rings (SSSR count). The fourth-order valence-electron chi connectivity index (χ4n) is 2.04. The van der Waals surface area contributed by atoms with Gasteiger partial charge in [-0.15, -0.1) is 0 Å². The van der Waals surface area contributed by atoms with Gasteiger partial charge in [-0.2, -0.15) is 0 Å². The molecule has 16 heavy (non-hydrogen) atoms. The molecule has 1 aromatic heterocycles. The number of hydrogen-bond acceptors (Lipinski definition) is 3. The first kappa shape index (κ1) is 11.4. The topological polar surface area (TPSA) is 45.2 Å². The van der Waals surface area contributed by atoms with Crippen molar-refractivity contribution in [3.05, 3.63) is 22.8 Å². The Morgan fingerprint density at radius 2 is 2.44 bits per heavy atom. The van der Waals surface area contributed by atoms with E-state index in [-0.39, 0.29) is 11.9 Å². The van der Waals surface area contributed by atoms with Crippen LogP contribution in [-0.4, -0.2) is 30.5 Å². The standard InChI is InChI=1S/C11H14BrN3O/c1-13-11(16)8-4-3-7-15(8)10-6-2-5-9(12)14-10/h2,5-6,8H,3-4,7H2,1H3,(H,13,16). The molecule has 0 saturated carbocycles. The van der Waals surface area contributed by atoms with Gasteiger partial charge in [-0.3, -0.25) is 4.79 Å². The molecule has 1 saturated heterocycles. The molecule has 1 unspecified atom stereocenters. The first-order valence-electron chi connectivity index (χ1n) is 5.33. The molecule has 0 aliphatic carbocycles. The van der Waals surface area contributed by atoms with Gasteiger partial charge in [0.25, 0.3) is 0 Å². The number of carbonyl (C=O) groups is 1. The zero-order chi connectivity index (χ0) is 11.5. The highest BCUT2D eigenvalue weighted by molar-refractivity contribution is 9.10. The lowest BCUT2D eigenvalue weighted by atomic mass is 10.2.